The molecule has 1 fully saturated rings. The van der Waals surface area contributed by atoms with Gasteiger partial charge >= 0.3 is 0 Å². The maximum atomic E-state index is 11.8. The summed E-state index contributed by atoms with van der Waals surface area (Å²) >= 11 is 0. The molecule has 3 N–H and O–H groups in total. The predicted molar refractivity (Wildman–Crippen MR) is 60.9 cm³/mol. The number of hydrogen-bond donors (Lipinski definition) is 2. The van der Waals surface area contributed by atoms with Gasteiger partial charge in [-0.05, 0) is 25.7 Å². The van der Waals surface area contributed by atoms with Crippen LogP contribution in [0.25, 0.3) is 0 Å². The van der Waals surface area contributed by atoms with Gasteiger partial charge in [-0.25, -0.2) is 0 Å². The number of amides is 1. The number of nitrogens with one attached hydrogen (secondary N) is 1. The van der Waals surface area contributed by atoms with Gasteiger partial charge in [0.2, 0.25) is 0 Å². The Hall–Kier alpha value is -1.36. The summed E-state index contributed by atoms with van der Waals surface area (Å²) in [5.41, 5.74) is 6.49. The van der Waals surface area contributed by atoms with Gasteiger partial charge in [-0.2, -0.15) is 5.10 Å². The van der Waals surface area contributed by atoms with Gasteiger partial charge in [0.05, 0.1) is 11.8 Å². The van der Waals surface area contributed by atoms with E-state index in [1.807, 2.05) is 0 Å². The fourth-order valence-electron chi connectivity index (χ4n) is 2.17. The number of aryl methyl sites for hydroxylation is 1. The summed E-state index contributed by atoms with van der Waals surface area (Å²) < 4.78 is 1.63. The maximum Gasteiger partial charge on any atom is 0.254 e. The minimum atomic E-state index is -0.0489. The summed E-state index contributed by atoms with van der Waals surface area (Å²) in [7, 11) is 1.80. The van der Waals surface area contributed by atoms with Gasteiger partial charge in [-0.15, -0.1) is 0 Å². The average Bonchev–Trinajstić information content (AvgIpc) is 2.65. The summed E-state index contributed by atoms with van der Waals surface area (Å²) in [4.78, 5) is 11.8. The van der Waals surface area contributed by atoms with E-state index in [9.17, 15) is 4.79 Å². The molecular formula is C11H18N4O. The van der Waals surface area contributed by atoms with E-state index in [1.54, 1.807) is 24.1 Å². The molecule has 0 saturated heterocycles. The Morgan fingerprint density at radius 1 is 1.62 bits per heavy atom. The molecule has 1 saturated carbocycles. The Bertz CT molecular complexity index is 374. The quantitative estimate of drug-likeness (QED) is 0.761. The normalized spacial score (nSPS) is 25.4. The van der Waals surface area contributed by atoms with Crippen LogP contribution in [0.1, 0.15) is 36.0 Å². The zero-order valence-corrected chi connectivity index (χ0v) is 9.52. The standard InChI is InChI=1S/C11H18N4O/c1-15-7-8(6-13-15)11(16)14-10-4-2-3-9(12)5-10/h6-7,9-10H,2-5,12H2,1H3,(H,14,16)/t9-,10+/m0/s1. The molecule has 0 bridgehead atoms. The highest BCUT2D eigenvalue weighted by molar-refractivity contribution is 5.93. The summed E-state index contributed by atoms with van der Waals surface area (Å²) in [5, 5.41) is 6.98. The first kappa shape index (κ1) is 11.1. The van der Waals surface area contributed by atoms with Crippen molar-refractivity contribution in [2.24, 2.45) is 12.8 Å². The molecule has 0 radical (unpaired) electrons. The lowest BCUT2D eigenvalue weighted by molar-refractivity contribution is 0.0925. The SMILES string of the molecule is Cn1cc(C(=O)N[C@@H]2CCC[C@H](N)C2)cn1. The average molecular weight is 222 g/mol. The van der Waals surface area contributed by atoms with Crippen LogP contribution in [0.15, 0.2) is 12.4 Å². The van der Waals surface area contributed by atoms with Crippen molar-refractivity contribution in [1.82, 2.24) is 15.1 Å². The lowest BCUT2D eigenvalue weighted by atomic mass is 9.91. The molecule has 5 heteroatoms. The number of carbonyl (C=O) groups is 1. The molecule has 1 aromatic rings. The second kappa shape index (κ2) is 4.65. The van der Waals surface area contributed by atoms with Crippen molar-refractivity contribution in [1.29, 1.82) is 0 Å². The molecule has 1 aromatic heterocycles. The molecule has 0 aromatic carbocycles. The van der Waals surface area contributed by atoms with E-state index < -0.39 is 0 Å². The highest BCUT2D eigenvalue weighted by atomic mass is 16.1. The molecule has 1 amide bonds. The fourth-order valence-corrected chi connectivity index (χ4v) is 2.17. The molecule has 1 heterocycles. The van der Waals surface area contributed by atoms with Gasteiger partial charge < -0.3 is 11.1 Å². The smallest absolute Gasteiger partial charge is 0.254 e. The zero-order valence-electron chi connectivity index (χ0n) is 9.52. The minimum absolute atomic E-state index is 0.0489. The maximum absolute atomic E-state index is 11.8. The first-order valence-corrected chi connectivity index (χ1v) is 5.70. The van der Waals surface area contributed by atoms with Crippen LogP contribution in [0.3, 0.4) is 0 Å². The number of nitrogens with two attached hydrogens (primary N) is 1. The first-order chi connectivity index (χ1) is 7.65. The van der Waals surface area contributed by atoms with Gasteiger partial charge in [0.25, 0.3) is 5.91 Å². The van der Waals surface area contributed by atoms with Gasteiger partial charge in [0.1, 0.15) is 0 Å². The van der Waals surface area contributed by atoms with Gasteiger partial charge in [0, 0.05) is 25.3 Å². The first-order valence-electron chi connectivity index (χ1n) is 5.70. The Kier molecular flexibility index (Phi) is 3.24. The second-order valence-corrected chi connectivity index (χ2v) is 4.50. The molecule has 2 rings (SSSR count). The summed E-state index contributed by atoms with van der Waals surface area (Å²) in [6.45, 7) is 0. The number of rotatable bonds is 2. The molecule has 1 aliphatic rings. The van der Waals surface area contributed by atoms with Crippen molar-refractivity contribution in [3.63, 3.8) is 0 Å². The number of carbonyl (C=O) groups excluding carboxylic acids is 1. The molecule has 0 unspecified atom stereocenters. The lowest BCUT2D eigenvalue weighted by Crippen LogP contribution is -2.42. The largest absolute Gasteiger partial charge is 0.349 e. The van der Waals surface area contributed by atoms with Crippen molar-refractivity contribution < 1.29 is 4.79 Å². The molecule has 1 aliphatic carbocycles. The Morgan fingerprint density at radius 2 is 2.44 bits per heavy atom. The predicted octanol–water partition coefficient (Wildman–Crippen LogP) is 0.420. The Balaban J connectivity index is 1.92. The molecule has 5 nitrogen and oxygen atoms in total. The molecule has 0 spiro atoms. The van der Waals surface area contributed by atoms with Crippen molar-refractivity contribution in [2.45, 2.75) is 37.8 Å². The van der Waals surface area contributed by atoms with E-state index in [0.29, 0.717) is 5.56 Å². The van der Waals surface area contributed by atoms with Crippen molar-refractivity contribution in [2.75, 3.05) is 0 Å². The monoisotopic (exact) mass is 222 g/mol. The van der Waals surface area contributed by atoms with Crippen molar-refractivity contribution in [3.8, 4) is 0 Å². The minimum Gasteiger partial charge on any atom is -0.349 e. The van der Waals surface area contributed by atoms with Crippen molar-refractivity contribution in [3.05, 3.63) is 18.0 Å². The van der Waals surface area contributed by atoms with Gasteiger partial charge in [0.15, 0.2) is 0 Å². The number of aromatic nitrogens is 2. The zero-order chi connectivity index (χ0) is 11.5. The van der Waals surface area contributed by atoms with Crippen LogP contribution in [0.5, 0.6) is 0 Å². The van der Waals surface area contributed by atoms with E-state index in [2.05, 4.69) is 10.4 Å². The topological polar surface area (TPSA) is 72.9 Å². The molecule has 88 valence electrons. The third-order valence-corrected chi connectivity index (χ3v) is 3.02. The van der Waals surface area contributed by atoms with Crippen molar-refractivity contribution >= 4 is 5.91 Å². The third kappa shape index (κ3) is 2.61. The van der Waals surface area contributed by atoms with E-state index in [4.69, 9.17) is 5.73 Å². The highest BCUT2D eigenvalue weighted by Gasteiger charge is 2.21. The number of hydrogen-bond acceptors (Lipinski definition) is 3. The lowest BCUT2D eigenvalue weighted by Gasteiger charge is -2.27. The van der Waals surface area contributed by atoms with Crippen LogP contribution in [-0.2, 0) is 7.05 Å². The van der Waals surface area contributed by atoms with E-state index in [0.717, 1.165) is 25.7 Å². The summed E-state index contributed by atoms with van der Waals surface area (Å²) in [5.74, 6) is -0.0489. The Morgan fingerprint density at radius 3 is 3.06 bits per heavy atom. The van der Waals surface area contributed by atoms with Crippen LogP contribution in [0, 0.1) is 0 Å². The van der Waals surface area contributed by atoms with E-state index in [-0.39, 0.29) is 18.0 Å². The van der Waals surface area contributed by atoms with Crippen LogP contribution >= 0.6 is 0 Å². The molecular weight excluding hydrogens is 204 g/mol. The number of nitrogens with zero attached hydrogens (tertiary/aromatic N) is 2. The fraction of sp³-hybridized carbons (Fsp3) is 0.636. The van der Waals surface area contributed by atoms with Gasteiger partial charge in [-0.3, -0.25) is 9.48 Å². The molecule has 0 aliphatic heterocycles. The van der Waals surface area contributed by atoms with Gasteiger partial charge in [-0.1, -0.05) is 0 Å². The Labute approximate surface area is 95.0 Å². The molecule has 16 heavy (non-hydrogen) atoms. The van der Waals surface area contributed by atoms with E-state index in [1.165, 1.54) is 0 Å². The summed E-state index contributed by atoms with van der Waals surface area (Å²) in [6.07, 6.45) is 7.38. The third-order valence-electron chi connectivity index (χ3n) is 3.02. The van der Waals surface area contributed by atoms with Crippen LogP contribution in [0.4, 0.5) is 0 Å². The highest BCUT2D eigenvalue weighted by Crippen LogP contribution is 2.17. The van der Waals surface area contributed by atoms with E-state index >= 15 is 0 Å². The van der Waals surface area contributed by atoms with Crippen LogP contribution in [0.2, 0.25) is 0 Å². The second-order valence-electron chi connectivity index (χ2n) is 4.50. The van der Waals surface area contributed by atoms with Crippen LogP contribution < -0.4 is 11.1 Å². The molecule has 2 atom stereocenters. The summed E-state index contributed by atoms with van der Waals surface area (Å²) in [6, 6.07) is 0.449. The van der Waals surface area contributed by atoms with Crippen LogP contribution in [-0.4, -0.2) is 27.8 Å².